The Morgan fingerprint density at radius 1 is 0.857 bits per heavy atom. The Bertz CT molecular complexity index is 355. The van der Waals surface area contributed by atoms with Crippen molar-refractivity contribution < 1.29 is 0 Å². The molecule has 21 heavy (non-hydrogen) atoms. The predicted molar refractivity (Wildman–Crippen MR) is 93.9 cm³/mol. The highest BCUT2D eigenvalue weighted by Gasteiger charge is 2.04. The molecule has 0 aromatic heterocycles. The highest BCUT2D eigenvalue weighted by Crippen LogP contribution is 2.14. The third-order valence-corrected chi connectivity index (χ3v) is 3.91. The zero-order valence-electron chi connectivity index (χ0n) is 14.1. The molecule has 0 heterocycles. The molecule has 1 aromatic carbocycles. The van der Waals surface area contributed by atoms with E-state index in [0.717, 1.165) is 6.54 Å². The standard InChI is InChI=1S/C18H33N3/c1-4-12-21(13-5-2)15-7-6-14-20(3)18-10-8-17(16-19)9-11-18/h8-11H,4-7,12-16,19H2,1-3H3. The molecule has 2 N–H and O–H groups in total. The van der Waals surface area contributed by atoms with E-state index in [1.807, 2.05) is 0 Å². The smallest absolute Gasteiger partial charge is 0.0363 e. The van der Waals surface area contributed by atoms with Gasteiger partial charge in [0.2, 0.25) is 0 Å². The first kappa shape index (κ1) is 18.0. The van der Waals surface area contributed by atoms with Crippen molar-refractivity contribution >= 4 is 5.69 Å². The lowest BCUT2D eigenvalue weighted by Gasteiger charge is -2.23. The topological polar surface area (TPSA) is 32.5 Å². The summed E-state index contributed by atoms with van der Waals surface area (Å²) in [4.78, 5) is 4.93. The van der Waals surface area contributed by atoms with Crippen molar-refractivity contribution in [2.75, 3.05) is 38.1 Å². The monoisotopic (exact) mass is 291 g/mol. The van der Waals surface area contributed by atoms with Gasteiger partial charge >= 0.3 is 0 Å². The van der Waals surface area contributed by atoms with Gasteiger partial charge in [0, 0.05) is 25.8 Å². The second kappa shape index (κ2) is 10.6. The maximum absolute atomic E-state index is 5.63. The van der Waals surface area contributed by atoms with Gasteiger partial charge in [0.1, 0.15) is 0 Å². The summed E-state index contributed by atoms with van der Waals surface area (Å²) in [6, 6.07) is 8.58. The van der Waals surface area contributed by atoms with Crippen LogP contribution < -0.4 is 10.6 Å². The zero-order valence-corrected chi connectivity index (χ0v) is 14.1. The molecule has 0 aliphatic carbocycles. The van der Waals surface area contributed by atoms with E-state index in [1.165, 1.54) is 56.6 Å². The van der Waals surface area contributed by atoms with Gasteiger partial charge in [0.25, 0.3) is 0 Å². The first-order valence-corrected chi connectivity index (χ1v) is 8.43. The fourth-order valence-electron chi connectivity index (χ4n) is 2.67. The van der Waals surface area contributed by atoms with E-state index in [0.29, 0.717) is 6.54 Å². The van der Waals surface area contributed by atoms with Gasteiger partial charge in [-0.3, -0.25) is 0 Å². The fraction of sp³-hybridized carbons (Fsp3) is 0.667. The van der Waals surface area contributed by atoms with Crippen LogP contribution in [-0.2, 0) is 6.54 Å². The molecule has 0 bridgehead atoms. The number of hydrogen-bond donors (Lipinski definition) is 1. The summed E-state index contributed by atoms with van der Waals surface area (Å²) in [5, 5.41) is 0. The lowest BCUT2D eigenvalue weighted by Crippen LogP contribution is -2.27. The largest absolute Gasteiger partial charge is 0.375 e. The van der Waals surface area contributed by atoms with Crippen LogP contribution in [0.3, 0.4) is 0 Å². The summed E-state index contributed by atoms with van der Waals surface area (Å²) < 4.78 is 0. The highest BCUT2D eigenvalue weighted by molar-refractivity contribution is 5.46. The molecule has 1 aromatic rings. The first-order chi connectivity index (χ1) is 10.2. The molecule has 0 fully saturated rings. The number of hydrogen-bond acceptors (Lipinski definition) is 3. The third kappa shape index (κ3) is 6.96. The molecular formula is C18H33N3. The summed E-state index contributed by atoms with van der Waals surface area (Å²) >= 11 is 0. The van der Waals surface area contributed by atoms with Crippen molar-refractivity contribution in [1.29, 1.82) is 0 Å². The molecule has 1 rings (SSSR count). The van der Waals surface area contributed by atoms with Crippen molar-refractivity contribution in [3.63, 3.8) is 0 Å². The summed E-state index contributed by atoms with van der Waals surface area (Å²) in [5.41, 5.74) is 8.11. The average Bonchev–Trinajstić information content (AvgIpc) is 2.51. The Labute approximate surface area is 131 Å². The van der Waals surface area contributed by atoms with E-state index in [4.69, 9.17) is 5.73 Å². The first-order valence-electron chi connectivity index (χ1n) is 8.43. The van der Waals surface area contributed by atoms with Gasteiger partial charge in [0.05, 0.1) is 0 Å². The number of rotatable bonds is 11. The van der Waals surface area contributed by atoms with E-state index in [9.17, 15) is 0 Å². The summed E-state index contributed by atoms with van der Waals surface area (Å²) in [5.74, 6) is 0. The lowest BCUT2D eigenvalue weighted by molar-refractivity contribution is 0.269. The van der Waals surface area contributed by atoms with Gasteiger partial charge in [-0.1, -0.05) is 26.0 Å². The minimum atomic E-state index is 0.620. The molecule has 3 heteroatoms. The molecule has 0 radical (unpaired) electrons. The van der Waals surface area contributed by atoms with Crippen molar-refractivity contribution in [3.05, 3.63) is 29.8 Å². The lowest BCUT2D eigenvalue weighted by atomic mass is 10.2. The number of nitrogens with two attached hydrogens (primary N) is 1. The maximum Gasteiger partial charge on any atom is 0.0363 e. The SMILES string of the molecule is CCCN(CCC)CCCCN(C)c1ccc(CN)cc1. The quantitative estimate of drug-likeness (QED) is 0.634. The second-order valence-electron chi connectivity index (χ2n) is 5.84. The van der Waals surface area contributed by atoms with Crippen LogP contribution in [0.2, 0.25) is 0 Å². The van der Waals surface area contributed by atoms with Gasteiger partial charge in [-0.2, -0.15) is 0 Å². The third-order valence-electron chi connectivity index (χ3n) is 3.91. The Hall–Kier alpha value is -1.06. The van der Waals surface area contributed by atoms with Crippen molar-refractivity contribution in [3.8, 4) is 0 Å². The second-order valence-corrected chi connectivity index (χ2v) is 5.84. The number of anilines is 1. The van der Waals surface area contributed by atoms with E-state index in [-0.39, 0.29) is 0 Å². The molecule has 0 amide bonds. The fourth-order valence-corrected chi connectivity index (χ4v) is 2.67. The van der Waals surface area contributed by atoms with Gasteiger partial charge in [-0.15, -0.1) is 0 Å². The molecule has 0 saturated heterocycles. The van der Waals surface area contributed by atoms with Gasteiger partial charge in [-0.05, 0) is 63.0 Å². The maximum atomic E-state index is 5.63. The van der Waals surface area contributed by atoms with E-state index >= 15 is 0 Å². The molecular weight excluding hydrogens is 258 g/mol. The normalized spacial score (nSPS) is 11.1. The van der Waals surface area contributed by atoms with Crippen LogP contribution in [0.5, 0.6) is 0 Å². The Kier molecular flexibility index (Phi) is 9.11. The molecule has 0 unspecified atom stereocenters. The van der Waals surface area contributed by atoms with E-state index in [2.05, 4.69) is 55.0 Å². The number of unbranched alkanes of at least 4 members (excludes halogenated alkanes) is 1. The minimum absolute atomic E-state index is 0.620. The minimum Gasteiger partial charge on any atom is -0.375 e. The zero-order chi connectivity index (χ0) is 15.5. The average molecular weight is 291 g/mol. The highest BCUT2D eigenvalue weighted by atomic mass is 15.1. The number of benzene rings is 1. The number of nitrogens with zero attached hydrogens (tertiary/aromatic N) is 2. The van der Waals surface area contributed by atoms with Crippen LogP contribution in [0.25, 0.3) is 0 Å². The Morgan fingerprint density at radius 3 is 1.95 bits per heavy atom. The van der Waals surface area contributed by atoms with Crippen LogP contribution in [0.4, 0.5) is 5.69 Å². The summed E-state index contributed by atoms with van der Waals surface area (Å²) in [6.07, 6.45) is 5.05. The molecule has 0 atom stereocenters. The van der Waals surface area contributed by atoms with Gasteiger partial charge < -0.3 is 15.5 Å². The Morgan fingerprint density at radius 2 is 1.43 bits per heavy atom. The van der Waals surface area contributed by atoms with Crippen molar-refractivity contribution in [1.82, 2.24) is 4.90 Å². The molecule has 0 aliphatic heterocycles. The predicted octanol–water partition coefficient (Wildman–Crippen LogP) is 3.48. The van der Waals surface area contributed by atoms with Crippen LogP contribution in [-0.4, -0.2) is 38.1 Å². The molecule has 0 saturated carbocycles. The molecule has 0 aliphatic rings. The van der Waals surface area contributed by atoms with Crippen LogP contribution >= 0.6 is 0 Å². The van der Waals surface area contributed by atoms with Gasteiger partial charge in [-0.25, -0.2) is 0 Å². The molecule has 0 spiro atoms. The summed E-state index contributed by atoms with van der Waals surface area (Å²) in [7, 11) is 2.17. The van der Waals surface area contributed by atoms with Crippen LogP contribution in [0.1, 0.15) is 45.1 Å². The van der Waals surface area contributed by atoms with Crippen LogP contribution in [0, 0.1) is 0 Å². The summed E-state index contributed by atoms with van der Waals surface area (Å²) in [6.45, 7) is 9.99. The van der Waals surface area contributed by atoms with Gasteiger partial charge in [0.15, 0.2) is 0 Å². The van der Waals surface area contributed by atoms with E-state index in [1.54, 1.807) is 0 Å². The van der Waals surface area contributed by atoms with Crippen molar-refractivity contribution in [2.24, 2.45) is 5.73 Å². The van der Waals surface area contributed by atoms with Crippen molar-refractivity contribution in [2.45, 2.75) is 46.1 Å². The van der Waals surface area contributed by atoms with E-state index < -0.39 is 0 Å². The van der Waals surface area contributed by atoms with Crippen LogP contribution in [0.15, 0.2) is 24.3 Å². The Balaban J connectivity index is 2.27. The molecule has 3 nitrogen and oxygen atoms in total. The molecule has 120 valence electrons.